The molecule has 0 saturated carbocycles. The van der Waals surface area contributed by atoms with Crippen LogP contribution >= 0.6 is 0 Å². The highest BCUT2D eigenvalue weighted by Crippen LogP contribution is 2.26. The molecular weight excluding hydrogens is 266 g/mol. The first-order valence-electron chi connectivity index (χ1n) is 7.24. The van der Waals surface area contributed by atoms with Gasteiger partial charge >= 0.3 is 0 Å². The molecule has 0 aliphatic rings. The maximum absolute atomic E-state index is 9.36. The van der Waals surface area contributed by atoms with Crippen LogP contribution in [0.4, 0.5) is 0 Å². The van der Waals surface area contributed by atoms with Crippen LogP contribution in [0, 0.1) is 17.2 Å². The van der Waals surface area contributed by atoms with Crippen molar-refractivity contribution in [2.75, 3.05) is 6.61 Å². The molecule has 0 spiro atoms. The molecule has 0 fully saturated rings. The van der Waals surface area contributed by atoms with E-state index in [4.69, 9.17) is 9.16 Å². The molecule has 0 radical (unpaired) electrons. The van der Waals surface area contributed by atoms with Crippen molar-refractivity contribution >= 4 is 10.5 Å². The van der Waals surface area contributed by atoms with E-state index in [9.17, 15) is 5.26 Å². The highest BCUT2D eigenvalue weighted by Gasteiger charge is 2.33. The Morgan fingerprint density at radius 1 is 1.35 bits per heavy atom. The summed E-state index contributed by atoms with van der Waals surface area (Å²) < 4.78 is 11.4. The SMILES string of the molecule is CCCCC(COCc1ccccc1)C(C)(C#N)O[SiH3]. The molecule has 1 aromatic carbocycles. The second-order valence-corrected chi connectivity index (χ2v) is 5.67. The zero-order valence-corrected chi connectivity index (χ0v) is 14.8. The van der Waals surface area contributed by atoms with Crippen molar-refractivity contribution in [3.05, 3.63) is 35.9 Å². The van der Waals surface area contributed by atoms with Gasteiger partial charge in [0.25, 0.3) is 0 Å². The number of hydrogen-bond acceptors (Lipinski definition) is 3. The first-order valence-corrected chi connectivity index (χ1v) is 8.06. The Morgan fingerprint density at radius 2 is 2.05 bits per heavy atom. The van der Waals surface area contributed by atoms with Gasteiger partial charge in [-0.3, -0.25) is 0 Å². The highest BCUT2D eigenvalue weighted by atomic mass is 28.2. The smallest absolute Gasteiger partial charge is 0.148 e. The fourth-order valence-corrected chi connectivity index (χ4v) is 2.59. The number of benzene rings is 1. The third-order valence-electron chi connectivity index (χ3n) is 3.76. The predicted octanol–water partition coefficient (Wildman–Crippen LogP) is 2.59. The summed E-state index contributed by atoms with van der Waals surface area (Å²) in [4.78, 5) is 0. The highest BCUT2D eigenvalue weighted by molar-refractivity contribution is 5.98. The van der Waals surface area contributed by atoms with Gasteiger partial charge in [-0.1, -0.05) is 50.1 Å². The molecule has 110 valence electrons. The van der Waals surface area contributed by atoms with Crippen LogP contribution in [0.2, 0.25) is 0 Å². The van der Waals surface area contributed by atoms with Crippen LogP contribution in [0.3, 0.4) is 0 Å². The molecule has 4 heteroatoms. The first kappa shape index (κ1) is 16.9. The Kier molecular flexibility index (Phi) is 7.53. The van der Waals surface area contributed by atoms with E-state index in [0.29, 0.717) is 23.7 Å². The van der Waals surface area contributed by atoms with Gasteiger partial charge in [-0.25, -0.2) is 0 Å². The summed E-state index contributed by atoms with van der Waals surface area (Å²) in [5, 5.41) is 9.36. The Hall–Kier alpha value is -1.15. The zero-order valence-electron chi connectivity index (χ0n) is 12.8. The normalized spacial score (nSPS) is 15.4. The van der Waals surface area contributed by atoms with Crippen molar-refractivity contribution in [2.24, 2.45) is 5.92 Å². The number of nitrogens with zero attached hydrogens (tertiary/aromatic N) is 1. The molecule has 0 amide bonds. The third-order valence-corrected chi connectivity index (χ3v) is 4.61. The monoisotopic (exact) mass is 291 g/mol. The summed E-state index contributed by atoms with van der Waals surface area (Å²) in [5.74, 6) is 0.133. The van der Waals surface area contributed by atoms with Crippen LogP contribution in [0.1, 0.15) is 38.7 Å². The number of rotatable bonds is 9. The summed E-state index contributed by atoms with van der Waals surface area (Å²) >= 11 is 0. The molecule has 0 aliphatic heterocycles. The van der Waals surface area contributed by atoms with Gasteiger partial charge in [0.2, 0.25) is 0 Å². The van der Waals surface area contributed by atoms with Gasteiger partial charge in [0, 0.05) is 5.92 Å². The van der Waals surface area contributed by atoms with E-state index in [-0.39, 0.29) is 5.92 Å². The van der Waals surface area contributed by atoms with Crippen LogP contribution in [-0.4, -0.2) is 22.7 Å². The summed E-state index contributed by atoms with van der Waals surface area (Å²) in [7, 11) is 0.569. The standard InChI is InChI=1S/C16H25NO2Si/c1-3-4-10-15(16(2,13-17)19-20)12-18-11-14-8-6-5-7-9-14/h5-9,15H,3-4,10-12H2,1-2,20H3. The minimum Gasteiger partial charge on any atom is -0.410 e. The van der Waals surface area contributed by atoms with Crippen LogP contribution in [0.25, 0.3) is 0 Å². The van der Waals surface area contributed by atoms with E-state index in [1.807, 2.05) is 37.3 Å². The lowest BCUT2D eigenvalue weighted by atomic mass is 9.87. The van der Waals surface area contributed by atoms with Gasteiger partial charge in [-0.2, -0.15) is 5.26 Å². The predicted molar refractivity (Wildman–Crippen MR) is 84.2 cm³/mol. The van der Waals surface area contributed by atoms with Gasteiger partial charge in [-0.15, -0.1) is 0 Å². The molecule has 0 saturated heterocycles. The number of ether oxygens (including phenoxy) is 1. The fourth-order valence-electron chi connectivity index (χ4n) is 2.17. The lowest BCUT2D eigenvalue weighted by Crippen LogP contribution is -2.38. The minimum absolute atomic E-state index is 0.133. The van der Waals surface area contributed by atoms with E-state index in [1.54, 1.807) is 0 Å². The molecule has 0 aliphatic carbocycles. The van der Waals surface area contributed by atoms with Gasteiger partial charge < -0.3 is 9.16 Å². The molecule has 0 heterocycles. The van der Waals surface area contributed by atoms with Crippen molar-refractivity contribution in [1.82, 2.24) is 0 Å². The molecule has 2 atom stereocenters. The zero-order chi connectivity index (χ0) is 14.8. The second-order valence-electron chi connectivity index (χ2n) is 5.26. The number of hydrogen-bond donors (Lipinski definition) is 0. The molecule has 0 bridgehead atoms. The topological polar surface area (TPSA) is 42.2 Å². The average molecular weight is 291 g/mol. The molecule has 2 unspecified atom stereocenters. The fraction of sp³-hybridized carbons (Fsp3) is 0.562. The Morgan fingerprint density at radius 3 is 2.60 bits per heavy atom. The lowest BCUT2D eigenvalue weighted by Gasteiger charge is -2.31. The average Bonchev–Trinajstić information content (AvgIpc) is 2.51. The van der Waals surface area contributed by atoms with Crippen molar-refractivity contribution < 1.29 is 9.16 Å². The summed E-state index contributed by atoms with van der Waals surface area (Å²) in [6.45, 7) is 5.20. The summed E-state index contributed by atoms with van der Waals surface area (Å²) in [6, 6.07) is 12.4. The molecule has 20 heavy (non-hydrogen) atoms. The Balaban J connectivity index is 2.55. The molecule has 0 aromatic heterocycles. The van der Waals surface area contributed by atoms with E-state index in [1.165, 1.54) is 0 Å². The van der Waals surface area contributed by atoms with Crippen LogP contribution in [0.15, 0.2) is 30.3 Å². The summed E-state index contributed by atoms with van der Waals surface area (Å²) in [6.07, 6.45) is 3.19. The van der Waals surface area contributed by atoms with E-state index >= 15 is 0 Å². The Labute approximate surface area is 125 Å². The second kappa shape index (κ2) is 8.91. The van der Waals surface area contributed by atoms with E-state index in [2.05, 4.69) is 13.0 Å². The maximum Gasteiger partial charge on any atom is 0.148 e. The van der Waals surface area contributed by atoms with Crippen molar-refractivity contribution in [3.8, 4) is 6.07 Å². The van der Waals surface area contributed by atoms with Gasteiger partial charge in [0.1, 0.15) is 16.1 Å². The third kappa shape index (κ3) is 5.08. The van der Waals surface area contributed by atoms with Crippen molar-refractivity contribution in [2.45, 2.75) is 45.3 Å². The molecule has 3 nitrogen and oxygen atoms in total. The van der Waals surface area contributed by atoms with Crippen molar-refractivity contribution in [3.63, 3.8) is 0 Å². The number of nitriles is 1. The van der Waals surface area contributed by atoms with Crippen LogP contribution in [-0.2, 0) is 15.8 Å². The maximum atomic E-state index is 9.36. The van der Waals surface area contributed by atoms with E-state index < -0.39 is 5.60 Å². The minimum atomic E-state index is -0.710. The molecule has 0 N–H and O–H groups in total. The Bertz CT molecular complexity index is 418. The molecular formula is C16H25NO2Si. The van der Waals surface area contributed by atoms with Gasteiger partial charge in [-0.05, 0) is 18.9 Å². The quantitative estimate of drug-likeness (QED) is 0.657. The largest absolute Gasteiger partial charge is 0.410 e. The van der Waals surface area contributed by atoms with Crippen LogP contribution < -0.4 is 0 Å². The molecule has 1 rings (SSSR count). The van der Waals surface area contributed by atoms with Crippen LogP contribution in [0.5, 0.6) is 0 Å². The molecule has 1 aromatic rings. The van der Waals surface area contributed by atoms with Crippen molar-refractivity contribution in [1.29, 1.82) is 5.26 Å². The van der Waals surface area contributed by atoms with Gasteiger partial charge in [0.15, 0.2) is 0 Å². The first-order chi connectivity index (χ1) is 9.66. The summed E-state index contributed by atoms with van der Waals surface area (Å²) in [5.41, 5.74) is 0.449. The lowest BCUT2D eigenvalue weighted by molar-refractivity contribution is 0.00469. The van der Waals surface area contributed by atoms with E-state index in [0.717, 1.165) is 24.8 Å². The van der Waals surface area contributed by atoms with Gasteiger partial charge in [0.05, 0.1) is 19.3 Å². The number of unbranched alkanes of at least 4 members (excludes halogenated alkanes) is 1.